The molecule has 3 rings (SSSR count). The molecule has 7 nitrogen and oxygen atoms in total. The number of carbonyl (C=O) groups is 1. The first kappa shape index (κ1) is 29.9. The molecule has 1 saturated heterocycles. The van der Waals surface area contributed by atoms with Crippen LogP contribution in [-0.4, -0.2) is 47.3 Å². The van der Waals surface area contributed by atoms with Crippen LogP contribution in [0.5, 0.6) is 5.88 Å². The molecule has 0 aromatic carbocycles. The molecule has 1 atom stereocenters. The van der Waals surface area contributed by atoms with Crippen molar-refractivity contribution < 1.29 is 19.0 Å². The minimum absolute atomic E-state index is 0.256. The van der Waals surface area contributed by atoms with Crippen molar-refractivity contribution in [2.45, 2.75) is 106 Å². The van der Waals surface area contributed by atoms with Crippen LogP contribution in [0.4, 0.5) is 5.69 Å². The number of rotatable bonds is 10. The topological polar surface area (TPSA) is 73.8 Å². The number of nitrogens with zero attached hydrogens (tertiary/aromatic N) is 3. The van der Waals surface area contributed by atoms with Gasteiger partial charge in [-0.2, -0.15) is 0 Å². The van der Waals surface area contributed by atoms with Gasteiger partial charge in [-0.05, 0) is 72.3 Å². The summed E-state index contributed by atoms with van der Waals surface area (Å²) in [7, 11) is 0. The summed E-state index contributed by atoms with van der Waals surface area (Å²) in [5.41, 5.74) is 4.07. The van der Waals surface area contributed by atoms with E-state index in [0.29, 0.717) is 12.5 Å². The van der Waals surface area contributed by atoms with Crippen LogP contribution in [-0.2, 0) is 14.3 Å². The van der Waals surface area contributed by atoms with Gasteiger partial charge in [-0.25, -0.2) is 9.78 Å². The predicted octanol–water partition coefficient (Wildman–Crippen LogP) is 7.07. The fraction of sp³-hybridized carbons (Fsp3) is 0.645. The van der Waals surface area contributed by atoms with Gasteiger partial charge >= 0.3 is 5.97 Å². The molecule has 0 N–H and O–H groups in total. The van der Waals surface area contributed by atoms with E-state index in [1.54, 1.807) is 0 Å². The lowest BCUT2D eigenvalue weighted by Crippen LogP contribution is -2.39. The maximum atomic E-state index is 13.5. The van der Waals surface area contributed by atoms with E-state index in [2.05, 4.69) is 30.7 Å². The number of hydrogen-bond acceptors (Lipinski definition) is 7. The van der Waals surface area contributed by atoms with E-state index >= 15 is 0 Å². The first-order valence-electron chi connectivity index (χ1n) is 14.0. The number of aromatic nitrogens is 2. The number of pyridine rings is 2. The molecule has 3 heterocycles. The molecule has 0 amide bonds. The molecule has 0 radical (unpaired) electrons. The van der Waals surface area contributed by atoms with Crippen LogP contribution in [0.25, 0.3) is 11.1 Å². The second-order valence-electron chi connectivity index (χ2n) is 12.4. The van der Waals surface area contributed by atoms with Gasteiger partial charge in [0.15, 0.2) is 6.10 Å². The van der Waals surface area contributed by atoms with Crippen LogP contribution < -0.4 is 9.64 Å². The molecule has 2 aromatic rings. The van der Waals surface area contributed by atoms with Crippen molar-refractivity contribution in [2.24, 2.45) is 5.41 Å². The largest absolute Gasteiger partial charge is 0.478 e. The lowest BCUT2D eigenvalue weighted by molar-refractivity contribution is -0.171. The Bertz CT molecular complexity index is 1060. The number of carbonyl (C=O) groups excluding carboxylic acids is 1. The molecule has 0 spiro atoms. The quantitative estimate of drug-likeness (QED) is 0.243. The van der Waals surface area contributed by atoms with Gasteiger partial charge < -0.3 is 19.1 Å². The summed E-state index contributed by atoms with van der Waals surface area (Å²) in [6.07, 6.45) is 6.74. The monoisotopic (exact) mass is 525 g/mol. The van der Waals surface area contributed by atoms with E-state index in [0.717, 1.165) is 66.8 Å². The minimum Gasteiger partial charge on any atom is -0.478 e. The first-order valence-corrected chi connectivity index (χ1v) is 14.0. The third-order valence-electron chi connectivity index (χ3n) is 6.82. The van der Waals surface area contributed by atoms with E-state index < -0.39 is 17.7 Å². The van der Waals surface area contributed by atoms with Crippen LogP contribution in [0.3, 0.4) is 0 Å². The van der Waals surface area contributed by atoms with E-state index in [1.807, 2.05) is 66.1 Å². The highest BCUT2D eigenvalue weighted by molar-refractivity contribution is 5.87. The number of unbranched alkanes of at least 4 members (excludes halogenated alkanes) is 1. The van der Waals surface area contributed by atoms with Gasteiger partial charge in [0.2, 0.25) is 5.88 Å². The van der Waals surface area contributed by atoms with Crippen molar-refractivity contribution in [3.8, 4) is 17.0 Å². The highest BCUT2D eigenvalue weighted by Crippen LogP contribution is 2.43. The molecule has 0 bridgehead atoms. The average Bonchev–Trinajstić information content (AvgIpc) is 2.82. The Kier molecular flexibility index (Phi) is 9.80. The van der Waals surface area contributed by atoms with Gasteiger partial charge in [0.05, 0.1) is 24.0 Å². The number of piperidine rings is 1. The maximum Gasteiger partial charge on any atom is 0.340 e. The molecule has 0 unspecified atom stereocenters. The summed E-state index contributed by atoms with van der Waals surface area (Å²) in [6, 6.07) is 3.93. The molecule has 210 valence electrons. The fourth-order valence-electron chi connectivity index (χ4n) is 4.63. The summed E-state index contributed by atoms with van der Waals surface area (Å²) in [6.45, 7) is 20.7. The molecule has 1 fully saturated rings. The van der Waals surface area contributed by atoms with Crippen molar-refractivity contribution in [3.63, 3.8) is 0 Å². The zero-order chi connectivity index (χ0) is 28.1. The SMILES string of the molecule is CCCCOc1ccc(-c2cnc(C)c([C@H](OC(C)(C)C)C(=O)OC(C)C)c2N2CCC(C)(C)CC2)cn1. The fourth-order valence-corrected chi connectivity index (χ4v) is 4.63. The summed E-state index contributed by atoms with van der Waals surface area (Å²) < 4.78 is 17.9. The Morgan fingerprint density at radius 3 is 2.34 bits per heavy atom. The second-order valence-corrected chi connectivity index (χ2v) is 12.4. The van der Waals surface area contributed by atoms with Crippen LogP contribution in [0.2, 0.25) is 0 Å². The van der Waals surface area contributed by atoms with Crippen LogP contribution >= 0.6 is 0 Å². The van der Waals surface area contributed by atoms with Crippen LogP contribution in [0.15, 0.2) is 24.5 Å². The molecular formula is C31H47N3O4. The van der Waals surface area contributed by atoms with E-state index in [1.165, 1.54) is 0 Å². The minimum atomic E-state index is -0.903. The number of anilines is 1. The average molecular weight is 526 g/mol. The van der Waals surface area contributed by atoms with Crippen molar-refractivity contribution in [1.82, 2.24) is 9.97 Å². The summed E-state index contributed by atoms with van der Waals surface area (Å²) in [5, 5.41) is 0. The summed E-state index contributed by atoms with van der Waals surface area (Å²) in [5.74, 6) is 0.214. The van der Waals surface area contributed by atoms with Gasteiger partial charge in [0.1, 0.15) is 0 Å². The third-order valence-corrected chi connectivity index (χ3v) is 6.82. The molecule has 7 heteroatoms. The van der Waals surface area contributed by atoms with E-state index in [-0.39, 0.29) is 11.5 Å². The van der Waals surface area contributed by atoms with Crippen molar-refractivity contribution in [1.29, 1.82) is 0 Å². The number of aryl methyl sites for hydroxylation is 1. The standard InChI is InChI=1S/C31H47N3O4/c1-10-11-18-36-25-13-12-23(19-33-25)24-20-32-22(4)26(27(24)34-16-14-31(8,9)15-17-34)28(38-30(5,6)7)29(35)37-21(2)3/h12-13,19-21,28H,10-11,14-18H2,1-9H3/t28-/m0/s1. The Morgan fingerprint density at radius 1 is 1.11 bits per heavy atom. The van der Waals surface area contributed by atoms with Crippen LogP contribution in [0.1, 0.15) is 98.4 Å². The lowest BCUT2D eigenvalue weighted by Gasteiger charge is -2.41. The molecule has 0 saturated carbocycles. The third kappa shape index (κ3) is 7.92. The number of hydrogen-bond donors (Lipinski definition) is 0. The predicted molar refractivity (Wildman–Crippen MR) is 153 cm³/mol. The van der Waals surface area contributed by atoms with E-state index in [4.69, 9.17) is 19.2 Å². The molecule has 38 heavy (non-hydrogen) atoms. The maximum absolute atomic E-state index is 13.5. The summed E-state index contributed by atoms with van der Waals surface area (Å²) in [4.78, 5) is 25.2. The number of ether oxygens (including phenoxy) is 3. The Hall–Kier alpha value is -2.67. The van der Waals surface area contributed by atoms with Crippen molar-refractivity contribution in [3.05, 3.63) is 35.8 Å². The Labute approximate surface area is 229 Å². The Balaban J connectivity index is 2.15. The normalized spacial score (nSPS) is 16.4. The molecular weight excluding hydrogens is 478 g/mol. The summed E-state index contributed by atoms with van der Waals surface area (Å²) >= 11 is 0. The Morgan fingerprint density at radius 2 is 1.79 bits per heavy atom. The zero-order valence-corrected chi connectivity index (χ0v) is 24.9. The smallest absolute Gasteiger partial charge is 0.340 e. The van der Waals surface area contributed by atoms with Crippen molar-refractivity contribution >= 4 is 11.7 Å². The van der Waals surface area contributed by atoms with E-state index in [9.17, 15) is 4.79 Å². The zero-order valence-electron chi connectivity index (χ0n) is 24.9. The highest BCUT2D eigenvalue weighted by Gasteiger charge is 2.37. The van der Waals surface area contributed by atoms with Crippen molar-refractivity contribution in [2.75, 3.05) is 24.6 Å². The molecule has 2 aromatic heterocycles. The lowest BCUT2D eigenvalue weighted by atomic mass is 9.82. The van der Waals surface area contributed by atoms with Gasteiger partial charge in [-0.15, -0.1) is 0 Å². The van der Waals surface area contributed by atoms with Gasteiger partial charge in [-0.3, -0.25) is 4.98 Å². The molecule has 1 aliphatic rings. The highest BCUT2D eigenvalue weighted by atomic mass is 16.6. The van der Waals surface area contributed by atoms with Gasteiger partial charge in [0, 0.05) is 53.9 Å². The molecule has 0 aliphatic carbocycles. The molecule has 1 aliphatic heterocycles. The first-order chi connectivity index (χ1) is 17.8. The second kappa shape index (κ2) is 12.5. The van der Waals surface area contributed by atoms with Gasteiger partial charge in [-0.1, -0.05) is 27.2 Å². The van der Waals surface area contributed by atoms with Crippen LogP contribution in [0, 0.1) is 12.3 Å². The van der Waals surface area contributed by atoms with Gasteiger partial charge in [0.25, 0.3) is 0 Å². The number of esters is 1.